The van der Waals surface area contributed by atoms with Gasteiger partial charge in [0.1, 0.15) is 23.7 Å². The lowest BCUT2D eigenvalue weighted by Crippen LogP contribution is -2.54. The Morgan fingerprint density at radius 3 is 2.19 bits per heavy atom. The zero-order chi connectivity index (χ0) is 24.5. The van der Waals surface area contributed by atoms with E-state index in [0.717, 1.165) is 6.07 Å². The largest absolute Gasteiger partial charge is 0.355 e. The van der Waals surface area contributed by atoms with E-state index in [2.05, 4.69) is 21.3 Å². The SMILES string of the molecule is CCC(=O)NC(CC(=O)NCC(C)(C)C)C(=O)N[C@@H](C)C(=O)NCc1ccc(F)cc1F. The Morgan fingerprint density at radius 1 is 0.969 bits per heavy atom. The van der Waals surface area contributed by atoms with Crippen LogP contribution >= 0.6 is 0 Å². The van der Waals surface area contributed by atoms with Crippen molar-refractivity contribution in [2.45, 2.75) is 66.1 Å². The Morgan fingerprint density at radius 2 is 1.62 bits per heavy atom. The van der Waals surface area contributed by atoms with E-state index >= 15 is 0 Å². The maximum absolute atomic E-state index is 13.7. The summed E-state index contributed by atoms with van der Waals surface area (Å²) < 4.78 is 26.7. The van der Waals surface area contributed by atoms with Gasteiger partial charge in [0.2, 0.25) is 23.6 Å². The standard InChI is InChI=1S/C22H32F2N4O4/c1-6-18(29)28-17(10-19(30)26-12-22(3,4)5)21(32)27-13(2)20(31)25-11-14-7-8-15(23)9-16(14)24/h7-9,13,17H,6,10-12H2,1-5H3,(H,25,31)(H,26,30)(H,27,32)(H,28,29)/t13-,17?/m0/s1. The summed E-state index contributed by atoms with van der Waals surface area (Å²) in [6.07, 6.45) is -0.171. The fraction of sp³-hybridized carbons (Fsp3) is 0.545. The minimum absolute atomic E-state index is 0.0851. The first-order valence-corrected chi connectivity index (χ1v) is 10.4. The van der Waals surface area contributed by atoms with Gasteiger partial charge in [-0.3, -0.25) is 19.2 Å². The topological polar surface area (TPSA) is 116 Å². The number of rotatable bonds is 10. The highest BCUT2D eigenvalue weighted by Gasteiger charge is 2.27. The van der Waals surface area contributed by atoms with Crippen molar-refractivity contribution in [3.05, 3.63) is 35.4 Å². The minimum atomic E-state index is -1.16. The first-order valence-electron chi connectivity index (χ1n) is 10.4. The van der Waals surface area contributed by atoms with Crippen LogP contribution in [0.3, 0.4) is 0 Å². The number of benzene rings is 1. The van der Waals surface area contributed by atoms with Crippen LogP contribution in [0.1, 0.15) is 53.0 Å². The Kier molecular flexibility index (Phi) is 10.2. The molecule has 4 N–H and O–H groups in total. The first kappa shape index (κ1) is 27.0. The molecule has 8 nitrogen and oxygen atoms in total. The molecule has 1 rings (SSSR count). The summed E-state index contributed by atoms with van der Waals surface area (Å²) in [6.45, 7) is 9.02. The average Bonchev–Trinajstić information content (AvgIpc) is 2.70. The number of nitrogens with one attached hydrogen (secondary N) is 4. The molecule has 1 aromatic rings. The summed E-state index contributed by atoms with van der Waals surface area (Å²) in [5.41, 5.74) is -0.0710. The highest BCUT2D eigenvalue weighted by Crippen LogP contribution is 2.11. The summed E-state index contributed by atoms with van der Waals surface area (Å²) >= 11 is 0. The third-order valence-electron chi connectivity index (χ3n) is 4.40. The van der Waals surface area contributed by atoms with E-state index in [4.69, 9.17) is 0 Å². The zero-order valence-electron chi connectivity index (χ0n) is 19.1. The molecule has 0 saturated carbocycles. The van der Waals surface area contributed by atoms with E-state index in [9.17, 15) is 28.0 Å². The van der Waals surface area contributed by atoms with Gasteiger partial charge in [0.25, 0.3) is 0 Å². The number of halogens is 2. The second-order valence-electron chi connectivity index (χ2n) is 8.70. The summed E-state index contributed by atoms with van der Waals surface area (Å²) in [5.74, 6) is -3.68. The lowest BCUT2D eigenvalue weighted by atomic mass is 9.97. The van der Waals surface area contributed by atoms with Crippen LogP contribution in [0, 0.1) is 17.0 Å². The second kappa shape index (κ2) is 12.1. The molecule has 0 aliphatic rings. The molecule has 10 heteroatoms. The molecule has 0 aliphatic carbocycles. The number of carbonyl (C=O) groups is 4. The quantitative estimate of drug-likeness (QED) is 0.429. The van der Waals surface area contributed by atoms with Crippen LogP contribution in [0.2, 0.25) is 0 Å². The van der Waals surface area contributed by atoms with Gasteiger partial charge in [0.05, 0.1) is 6.42 Å². The molecular formula is C22H32F2N4O4. The smallest absolute Gasteiger partial charge is 0.243 e. The highest BCUT2D eigenvalue weighted by atomic mass is 19.1. The van der Waals surface area contributed by atoms with Gasteiger partial charge in [0, 0.05) is 31.1 Å². The van der Waals surface area contributed by atoms with Crippen molar-refractivity contribution in [3.8, 4) is 0 Å². The molecule has 2 atom stereocenters. The molecule has 178 valence electrons. The van der Waals surface area contributed by atoms with Crippen LogP contribution in [-0.2, 0) is 25.7 Å². The van der Waals surface area contributed by atoms with E-state index in [1.807, 2.05) is 20.8 Å². The van der Waals surface area contributed by atoms with Gasteiger partial charge in [0.15, 0.2) is 0 Å². The molecule has 0 fully saturated rings. The number of carbonyl (C=O) groups excluding carboxylic acids is 4. The van der Waals surface area contributed by atoms with Gasteiger partial charge < -0.3 is 21.3 Å². The predicted molar refractivity (Wildman–Crippen MR) is 115 cm³/mol. The summed E-state index contributed by atoms with van der Waals surface area (Å²) in [6, 6.07) is 0.803. The van der Waals surface area contributed by atoms with Crippen molar-refractivity contribution in [2.24, 2.45) is 5.41 Å². The van der Waals surface area contributed by atoms with E-state index in [1.54, 1.807) is 6.92 Å². The normalized spacial score (nSPS) is 13.0. The van der Waals surface area contributed by atoms with Crippen LogP contribution in [0.4, 0.5) is 8.78 Å². The third kappa shape index (κ3) is 9.84. The number of hydrogen-bond acceptors (Lipinski definition) is 4. The monoisotopic (exact) mass is 454 g/mol. The van der Waals surface area contributed by atoms with Crippen molar-refractivity contribution in [1.82, 2.24) is 21.3 Å². The molecule has 0 spiro atoms. The van der Waals surface area contributed by atoms with Crippen LogP contribution in [-0.4, -0.2) is 42.3 Å². The van der Waals surface area contributed by atoms with Crippen LogP contribution in [0.25, 0.3) is 0 Å². The fourth-order valence-corrected chi connectivity index (χ4v) is 2.51. The molecule has 1 unspecified atom stereocenters. The molecule has 0 radical (unpaired) electrons. The van der Waals surface area contributed by atoms with Crippen LogP contribution in [0.5, 0.6) is 0 Å². The van der Waals surface area contributed by atoms with E-state index < -0.39 is 47.3 Å². The van der Waals surface area contributed by atoms with Crippen molar-refractivity contribution in [2.75, 3.05) is 6.54 Å². The van der Waals surface area contributed by atoms with Crippen molar-refractivity contribution < 1.29 is 28.0 Å². The molecule has 32 heavy (non-hydrogen) atoms. The molecule has 0 aromatic heterocycles. The van der Waals surface area contributed by atoms with Crippen molar-refractivity contribution in [1.29, 1.82) is 0 Å². The molecular weight excluding hydrogens is 422 g/mol. The summed E-state index contributed by atoms with van der Waals surface area (Å²) in [4.78, 5) is 48.9. The van der Waals surface area contributed by atoms with Gasteiger partial charge in [-0.05, 0) is 18.4 Å². The minimum Gasteiger partial charge on any atom is -0.355 e. The average molecular weight is 455 g/mol. The lowest BCUT2D eigenvalue weighted by Gasteiger charge is -2.22. The molecule has 0 bridgehead atoms. The predicted octanol–water partition coefficient (Wildman–Crippen LogP) is 1.53. The second-order valence-corrected chi connectivity index (χ2v) is 8.70. The van der Waals surface area contributed by atoms with Gasteiger partial charge in [-0.15, -0.1) is 0 Å². The Labute approximate surface area is 186 Å². The van der Waals surface area contributed by atoms with E-state index in [-0.39, 0.29) is 30.4 Å². The highest BCUT2D eigenvalue weighted by molar-refractivity contribution is 5.94. The molecule has 1 aromatic carbocycles. The van der Waals surface area contributed by atoms with E-state index in [0.29, 0.717) is 12.6 Å². The van der Waals surface area contributed by atoms with Gasteiger partial charge >= 0.3 is 0 Å². The Bertz CT molecular complexity index is 840. The summed E-state index contributed by atoms with van der Waals surface area (Å²) in [7, 11) is 0. The molecule has 0 saturated heterocycles. The first-order chi connectivity index (χ1) is 14.8. The Balaban J connectivity index is 2.70. The Hall–Kier alpha value is -3.04. The van der Waals surface area contributed by atoms with Gasteiger partial charge in [-0.1, -0.05) is 33.8 Å². The maximum Gasteiger partial charge on any atom is 0.243 e. The summed E-state index contributed by atoms with van der Waals surface area (Å²) in [5, 5.41) is 10.1. The van der Waals surface area contributed by atoms with Gasteiger partial charge in [-0.2, -0.15) is 0 Å². The fourth-order valence-electron chi connectivity index (χ4n) is 2.51. The maximum atomic E-state index is 13.7. The third-order valence-corrected chi connectivity index (χ3v) is 4.40. The zero-order valence-corrected chi connectivity index (χ0v) is 19.1. The van der Waals surface area contributed by atoms with E-state index in [1.165, 1.54) is 13.0 Å². The number of hydrogen-bond donors (Lipinski definition) is 4. The van der Waals surface area contributed by atoms with Crippen LogP contribution < -0.4 is 21.3 Å². The van der Waals surface area contributed by atoms with Crippen molar-refractivity contribution >= 4 is 23.6 Å². The molecule has 0 heterocycles. The van der Waals surface area contributed by atoms with Crippen molar-refractivity contribution in [3.63, 3.8) is 0 Å². The van der Waals surface area contributed by atoms with Crippen LogP contribution in [0.15, 0.2) is 18.2 Å². The lowest BCUT2D eigenvalue weighted by molar-refractivity contribution is -0.133. The van der Waals surface area contributed by atoms with Gasteiger partial charge in [-0.25, -0.2) is 8.78 Å². The molecule has 0 aliphatic heterocycles. The molecule has 4 amide bonds. The number of amides is 4.